The molecule has 2 N–H and O–H groups in total. The minimum absolute atomic E-state index is 0.0150. The number of hydrogen-bond acceptors (Lipinski definition) is 3. The van der Waals surface area contributed by atoms with Crippen LogP contribution in [0, 0.1) is 6.92 Å². The molecule has 1 aromatic carbocycles. The predicted octanol–water partition coefficient (Wildman–Crippen LogP) is 2.29. The Morgan fingerprint density at radius 3 is 2.83 bits per heavy atom. The van der Waals surface area contributed by atoms with Crippen molar-refractivity contribution in [2.75, 3.05) is 6.54 Å². The van der Waals surface area contributed by atoms with Crippen molar-refractivity contribution in [3.05, 3.63) is 35.4 Å². The smallest absolute Gasteiger partial charge is 0.134 e. The van der Waals surface area contributed by atoms with Crippen molar-refractivity contribution in [2.45, 2.75) is 50.5 Å². The maximum Gasteiger partial charge on any atom is 0.134 e. The minimum atomic E-state index is -0.653. The number of hydrogen-bond donors (Lipinski definition) is 2. The topological polar surface area (TPSA) is 41.5 Å². The van der Waals surface area contributed by atoms with Crippen LogP contribution in [0.15, 0.2) is 24.3 Å². The molecule has 1 aliphatic heterocycles. The highest BCUT2D eigenvalue weighted by Gasteiger charge is 2.44. The normalized spacial score (nSPS) is 36.1. The Bertz CT molecular complexity index is 417. The molecule has 0 aromatic heterocycles. The van der Waals surface area contributed by atoms with E-state index < -0.39 is 5.60 Å². The van der Waals surface area contributed by atoms with Crippen LogP contribution in [0.25, 0.3) is 0 Å². The second-order valence-corrected chi connectivity index (χ2v) is 5.65. The maximum absolute atomic E-state index is 10.5. The van der Waals surface area contributed by atoms with Crippen LogP contribution in [-0.2, 0) is 4.74 Å². The number of ether oxygens (including phenoxy) is 1. The van der Waals surface area contributed by atoms with Crippen molar-refractivity contribution < 1.29 is 9.84 Å². The van der Waals surface area contributed by atoms with E-state index in [4.69, 9.17) is 4.74 Å². The number of β-amino-alcohol motifs (C(OH)–C–C–N with tert-alkyl or cyclic N) is 1. The summed E-state index contributed by atoms with van der Waals surface area (Å²) in [6, 6.07) is 8.39. The average Bonchev–Trinajstić information content (AvgIpc) is 2.39. The van der Waals surface area contributed by atoms with Crippen LogP contribution in [-0.4, -0.2) is 23.4 Å². The van der Waals surface area contributed by atoms with Crippen LogP contribution in [0.5, 0.6) is 0 Å². The Hall–Kier alpha value is -0.900. The first kappa shape index (κ1) is 12.2. The summed E-state index contributed by atoms with van der Waals surface area (Å²) in [5.41, 5.74) is 1.75. The lowest BCUT2D eigenvalue weighted by Crippen LogP contribution is -2.59. The van der Waals surface area contributed by atoms with Crippen molar-refractivity contribution in [3.8, 4) is 0 Å². The van der Waals surface area contributed by atoms with Gasteiger partial charge in [-0.25, -0.2) is 0 Å². The van der Waals surface area contributed by atoms with E-state index in [1.54, 1.807) is 0 Å². The molecule has 0 amide bonds. The molecule has 2 aliphatic rings. The summed E-state index contributed by atoms with van der Waals surface area (Å²) in [6.45, 7) is 2.72. The van der Waals surface area contributed by atoms with Crippen LogP contribution in [0.4, 0.5) is 0 Å². The van der Waals surface area contributed by atoms with Crippen LogP contribution in [0.3, 0.4) is 0 Å². The molecule has 1 heterocycles. The number of fused-ring (bicyclic) bond motifs is 1. The molecular weight excluding hydrogens is 226 g/mol. The Morgan fingerprint density at radius 2 is 2.06 bits per heavy atom. The van der Waals surface area contributed by atoms with Crippen molar-refractivity contribution in [1.29, 1.82) is 0 Å². The number of nitrogens with one attached hydrogen (secondary N) is 1. The summed E-state index contributed by atoms with van der Waals surface area (Å²) < 4.78 is 6.06. The van der Waals surface area contributed by atoms with E-state index in [0.717, 1.165) is 31.2 Å². The van der Waals surface area contributed by atoms with Crippen molar-refractivity contribution in [3.63, 3.8) is 0 Å². The van der Waals surface area contributed by atoms with Crippen molar-refractivity contribution in [1.82, 2.24) is 5.32 Å². The van der Waals surface area contributed by atoms with Gasteiger partial charge in [-0.15, -0.1) is 0 Å². The molecule has 2 fully saturated rings. The second kappa shape index (κ2) is 4.65. The van der Waals surface area contributed by atoms with Gasteiger partial charge in [-0.3, -0.25) is 5.32 Å². The van der Waals surface area contributed by atoms with Gasteiger partial charge in [0.05, 0.1) is 6.10 Å². The quantitative estimate of drug-likeness (QED) is 0.800. The maximum atomic E-state index is 10.5. The summed E-state index contributed by atoms with van der Waals surface area (Å²) in [5, 5.41) is 13.8. The number of aliphatic hydroxyl groups is 1. The first-order valence-electron chi connectivity index (χ1n) is 6.85. The molecule has 98 valence electrons. The Kier molecular flexibility index (Phi) is 3.14. The second-order valence-electron chi connectivity index (χ2n) is 5.65. The monoisotopic (exact) mass is 247 g/mol. The van der Waals surface area contributed by atoms with E-state index in [1.807, 2.05) is 0 Å². The molecule has 3 nitrogen and oxygen atoms in total. The van der Waals surface area contributed by atoms with E-state index in [9.17, 15) is 5.11 Å². The molecule has 3 atom stereocenters. The zero-order valence-corrected chi connectivity index (χ0v) is 10.9. The lowest BCUT2D eigenvalue weighted by molar-refractivity contribution is -0.195. The van der Waals surface area contributed by atoms with Crippen LogP contribution >= 0.6 is 0 Å². The summed E-state index contributed by atoms with van der Waals surface area (Å²) >= 11 is 0. The number of benzene rings is 1. The first-order valence-corrected chi connectivity index (χ1v) is 6.85. The highest BCUT2D eigenvalue weighted by molar-refractivity contribution is 5.23. The van der Waals surface area contributed by atoms with Crippen LogP contribution in [0.1, 0.15) is 43.0 Å². The van der Waals surface area contributed by atoms with Gasteiger partial charge in [-0.1, -0.05) is 42.7 Å². The van der Waals surface area contributed by atoms with Gasteiger partial charge in [0.15, 0.2) is 0 Å². The van der Waals surface area contributed by atoms with Gasteiger partial charge >= 0.3 is 0 Å². The summed E-state index contributed by atoms with van der Waals surface area (Å²) in [6.07, 6.45) is 4.00. The average molecular weight is 247 g/mol. The predicted molar refractivity (Wildman–Crippen MR) is 70.2 cm³/mol. The fourth-order valence-corrected chi connectivity index (χ4v) is 3.01. The largest absolute Gasteiger partial charge is 0.386 e. The van der Waals surface area contributed by atoms with E-state index in [2.05, 4.69) is 36.5 Å². The van der Waals surface area contributed by atoms with Gasteiger partial charge in [0, 0.05) is 6.54 Å². The zero-order valence-electron chi connectivity index (χ0n) is 10.9. The molecule has 18 heavy (non-hydrogen) atoms. The van der Waals surface area contributed by atoms with Crippen molar-refractivity contribution in [2.24, 2.45) is 0 Å². The summed E-state index contributed by atoms with van der Waals surface area (Å²) in [5.74, 6) is 0. The molecule has 1 aromatic rings. The van der Waals surface area contributed by atoms with E-state index >= 15 is 0 Å². The molecule has 0 bridgehead atoms. The molecule has 1 aliphatic carbocycles. The van der Waals surface area contributed by atoms with Gasteiger partial charge in [0.2, 0.25) is 0 Å². The third kappa shape index (κ3) is 2.18. The standard InChI is InChI=1S/C15H21NO2/c1-11-5-7-12(8-6-11)14-16-10-15(17)9-3-2-4-13(15)18-14/h5-8,13-14,16-17H,2-4,9-10H2,1H3/t13-,14+,15-/m1/s1. The third-order valence-corrected chi connectivity index (χ3v) is 4.20. The van der Waals surface area contributed by atoms with Gasteiger partial charge < -0.3 is 9.84 Å². The number of aryl methyl sites for hydroxylation is 1. The fourth-order valence-electron chi connectivity index (χ4n) is 3.01. The van der Waals surface area contributed by atoms with Crippen LogP contribution < -0.4 is 5.32 Å². The first-order chi connectivity index (χ1) is 8.67. The molecule has 0 unspecified atom stereocenters. The Labute approximate surface area is 108 Å². The molecule has 1 saturated carbocycles. The Morgan fingerprint density at radius 1 is 1.28 bits per heavy atom. The van der Waals surface area contributed by atoms with Gasteiger partial charge in [-0.2, -0.15) is 0 Å². The highest BCUT2D eigenvalue weighted by atomic mass is 16.5. The lowest BCUT2D eigenvalue weighted by Gasteiger charge is -2.46. The molecular formula is C15H21NO2. The lowest BCUT2D eigenvalue weighted by atomic mass is 9.81. The van der Waals surface area contributed by atoms with E-state index in [1.165, 1.54) is 5.56 Å². The van der Waals surface area contributed by atoms with E-state index in [-0.39, 0.29) is 12.3 Å². The Balaban J connectivity index is 1.75. The molecule has 0 radical (unpaired) electrons. The van der Waals surface area contributed by atoms with Crippen molar-refractivity contribution >= 4 is 0 Å². The SMILES string of the molecule is Cc1ccc([C@H]2NC[C@]3(O)CCCC[C@H]3O2)cc1. The van der Waals surface area contributed by atoms with E-state index in [0.29, 0.717) is 6.54 Å². The highest BCUT2D eigenvalue weighted by Crippen LogP contribution is 2.36. The molecule has 3 rings (SSSR count). The van der Waals surface area contributed by atoms with Crippen LogP contribution in [0.2, 0.25) is 0 Å². The van der Waals surface area contributed by atoms with Gasteiger partial charge in [0.25, 0.3) is 0 Å². The minimum Gasteiger partial charge on any atom is -0.386 e. The molecule has 3 heteroatoms. The summed E-state index contributed by atoms with van der Waals surface area (Å²) in [7, 11) is 0. The third-order valence-electron chi connectivity index (χ3n) is 4.20. The fraction of sp³-hybridized carbons (Fsp3) is 0.600. The molecule has 0 spiro atoms. The number of rotatable bonds is 1. The zero-order chi connectivity index (χ0) is 12.6. The van der Waals surface area contributed by atoms with Gasteiger partial charge in [-0.05, 0) is 25.3 Å². The van der Waals surface area contributed by atoms with Gasteiger partial charge in [0.1, 0.15) is 11.8 Å². The molecule has 1 saturated heterocycles. The summed E-state index contributed by atoms with van der Waals surface area (Å²) in [4.78, 5) is 0.